The van der Waals surface area contributed by atoms with Crippen molar-refractivity contribution in [1.29, 1.82) is 0 Å². The van der Waals surface area contributed by atoms with Crippen LogP contribution in [0.2, 0.25) is 0 Å². The van der Waals surface area contributed by atoms with Gasteiger partial charge in [-0.2, -0.15) is 13.2 Å². The second-order valence-corrected chi connectivity index (χ2v) is 7.61. The average molecular weight is 372 g/mol. The Balaban J connectivity index is 2.00. The molecule has 0 amide bonds. The first-order chi connectivity index (χ1) is 12.1. The topological polar surface area (TPSA) is 50.4 Å². The molecule has 0 aromatic heterocycles. The number of hydrogen-bond acceptors (Lipinski definition) is 4. The number of esters is 1. The van der Waals surface area contributed by atoms with E-state index in [1.165, 1.54) is 6.07 Å². The third-order valence-electron chi connectivity index (χ3n) is 4.17. The van der Waals surface area contributed by atoms with Gasteiger partial charge in [0.15, 0.2) is 0 Å². The van der Waals surface area contributed by atoms with Crippen LogP contribution in [0.3, 0.4) is 0 Å². The number of anilines is 1. The van der Waals surface area contributed by atoms with Gasteiger partial charge in [-0.25, -0.2) is 0 Å². The molecule has 146 valence electrons. The monoisotopic (exact) mass is 372 g/mol. The maximum atomic E-state index is 13.0. The lowest BCUT2D eigenvalue weighted by Gasteiger charge is -2.20. The minimum Gasteiger partial charge on any atom is -0.460 e. The largest absolute Gasteiger partial charge is 0.460 e. The second-order valence-electron chi connectivity index (χ2n) is 7.61. The van der Waals surface area contributed by atoms with Gasteiger partial charge in [-0.1, -0.05) is 6.07 Å². The van der Waals surface area contributed by atoms with Gasteiger partial charge < -0.3 is 15.4 Å². The molecular weight excluding hydrogens is 345 g/mol. The van der Waals surface area contributed by atoms with Gasteiger partial charge in [0.25, 0.3) is 0 Å². The van der Waals surface area contributed by atoms with Crippen molar-refractivity contribution in [2.24, 2.45) is 0 Å². The Kier molecular flexibility index (Phi) is 6.55. The number of nitrogens with one attached hydrogen (secondary N) is 2. The zero-order chi connectivity index (χ0) is 19.4. The summed E-state index contributed by atoms with van der Waals surface area (Å²) in [6.07, 6.45) is -2.76. The maximum absolute atomic E-state index is 13.0. The first kappa shape index (κ1) is 20.6. The summed E-state index contributed by atoms with van der Waals surface area (Å²) in [6.45, 7) is 7.44. The Hall–Kier alpha value is -1.76. The summed E-state index contributed by atoms with van der Waals surface area (Å²) >= 11 is 0. The molecule has 4 nitrogen and oxygen atoms in total. The summed E-state index contributed by atoms with van der Waals surface area (Å²) < 4.78 is 44.3. The van der Waals surface area contributed by atoms with E-state index >= 15 is 0 Å². The summed E-state index contributed by atoms with van der Waals surface area (Å²) in [5.74, 6) is -0.103. The molecule has 1 heterocycles. The summed E-state index contributed by atoms with van der Waals surface area (Å²) in [5, 5.41) is 6.32. The molecule has 1 aromatic carbocycles. The Morgan fingerprint density at radius 2 is 2.04 bits per heavy atom. The molecule has 1 fully saturated rings. The third-order valence-corrected chi connectivity index (χ3v) is 4.17. The molecule has 2 N–H and O–H groups in total. The van der Waals surface area contributed by atoms with Crippen LogP contribution in [-0.2, 0) is 15.7 Å². The number of carbonyl (C=O) groups excluding carboxylic acids is 1. The number of halogens is 3. The Bertz CT molecular complexity index is 618. The summed E-state index contributed by atoms with van der Waals surface area (Å²) in [6, 6.07) is 3.87. The van der Waals surface area contributed by atoms with E-state index < -0.39 is 17.3 Å². The van der Waals surface area contributed by atoms with E-state index in [2.05, 4.69) is 10.6 Å². The molecule has 1 atom stereocenters. The fourth-order valence-corrected chi connectivity index (χ4v) is 3.01. The Labute approximate surface area is 152 Å². The van der Waals surface area contributed by atoms with E-state index in [1.807, 2.05) is 0 Å². The molecular formula is C19H27F3N2O2. The highest BCUT2D eigenvalue weighted by Gasteiger charge is 2.32. The number of carbonyl (C=O) groups is 1. The van der Waals surface area contributed by atoms with Crippen molar-refractivity contribution >= 4 is 11.7 Å². The van der Waals surface area contributed by atoms with Gasteiger partial charge in [0, 0.05) is 25.2 Å². The van der Waals surface area contributed by atoms with Crippen LogP contribution in [0.25, 0.3) is 0 Å². The molecule has 1 aromatic rings. The Morgan fingerprint density at radius 1 is 1.31 bits per heavy atom. The minimum absolute atomic E-state index is 0.200. The smallest absolute Gasteiger partial charge is 0.416 e. The van der Waals surface area contributed by atoms with E-state index in [-0.39, 0.29) is 18.3 Å². The van der Waals surface area contributed by atoms with Crippen LogP contribution < -0.4 is 10.6 Å². The fourth-order valence-electron chi connectivity index (χ4n) is 3.01. The highest BCUT2D eigenvalue weighted by atomic mass is 19.4. The zero-order valence-electron chi connectivity index (χ0n) is 15.5. The number of hydrogen-bond donors (Lipinski definition) is 2. The van der Waals surface area contributed by atoms with Gasteiger partial charge in [-0.05, 0) is 63.8 Å². The quantitative estimate of drug-likeness (QED) is 0.577. The van der Waals surface area contributed by atoms with E-state index in [0.29, 0.717) is 18.7 Å². The molecule has 0 spiro atoms. The van der Waals surface area contributed by atoms with Crippen molar-refractivity contribution in [1.82, 2.24) is 5.32 Å². The molecule has 0 aliphatic carbocycles. The predicted octanol–water partition coefficient (Wildman–Crippen LogP) is 4.32. The van der Waals surface area contributed by atoms with Crippen LogP contribution in [0, 0.1) is 0 Å². The summed E-state index contributed by atoms with van der Waals surface area (Å²) in [5.41, 5.74) is 0.189. The van der Waals surface area contributed by atoms with Crippen molar-refractivity contribution in [3.63, 3.8) is 0 Å². The molecule has 1 aliphatic heterocycles. The van der Waals surface area contributed by atoms with E-state index in [9.17, 15) is 18.0 Å². The highest BCUT2D eigenvalue weighted by Crippen LogP contribution is 2.36. The number of ether oxygens (including phenoxy) is 1. The van der Waals surface area contributed by atoms with Crippen LogP contribution in [0.15, 0.2) is 18.2 Å². The maximum Gasteiger partial charge on any atom is 0.416 e. The van der Waals surface area contributed by atoms with Gasteiger partial charge in [-0.3, -0.25) is 4.79 Å². The van der Waals surface area contributed by atoms with Gasteiger partial charge in [0.05, 0.1) is 5.56 Å². The fraction of sp³-hybridized carbons (Fsp3) is 0.632. The minimum atomic E-state index is -4.38. The average Bonchev–Trinajstić information content (AvgIpc) is 3.03. The van der Waals surface area contributed by atoms with Crippen molar-refractivity contribution < 1.29 is 22.7 Å². The van der Waals surface area contributed by atoms with E-state index in [4.69, 9.17) is 4.74 Å². The van der Waals surface area contributed by atoms with Gasteiger partial charge in [0.2, 0.25) is 0 Å². The second kappa shape index (κ2) is 8.29. The molecule has 0 unspecified atom stereocenters. The highest BCUT2D eigenvalue weighted by molar-refractivity contribution is 5.69. The normalized spacial score (nSPS) is 18.0. The van der Waals surface area contributed by atoms with Crippen LogP contribution in [-0.4, -0.2) is 31.2 Å². The first-order valence-electron chi connectivity index (χ1n) is 8.94. The van der Waals surface area contributed by atoms with Crippen LogP contribution in [0.4, 0.5) is 18.9 Å². The predicted molar refractivity (Wildman–Crippen MR) is 95.2 cm³/mol. The summed E-state index contributed by atoms with van der Waals surface area (Å²) in [4.78, 5) is 11.7. The zero-order valence-corrected chi connectivity index (χ0v) is 15.5. The van der Waals surface area contributed by atoms with Gasteiger partial charge in [0.1, 0.15) is 5.60 Å². The standard InChI is InChI=1S/C19H27F3N2O2/c1-18(2,3)26-17(25)5-4-9-24-16-11-14(19(20,21)22)6-7-15(16)13-8-10-23-12-13/h6-7,11,13,23-24H,4-5,8-10,12H2,1-3H3/t13-/m1/s1. The molecule has 1 aliphatic rings. The lowest BCUT2D eigenvalue weighted by atomic mass is 9.95. The Morgan fingerprint density at radius 3 is 2.62 bits per heavy atom. The van der Waals surface area contributed by atoms with Crippen molar-refractivity contribution in [3.8, 4) is 0 Å². The summed E-state index contributed by atoms with van der Waals surface area (Å²) in [7, 11) is 0. The van der Waals surface area contributed by atoms with Crippen molar-refractivity contribution in [2.45, 2.75) is 57.7 Å². The lowest BCUT2D eigenvalue weighted by Crippen LogP contribution is -2.24. The van der Waals surface area contributed by atoms with E-state index in [0.717, 1.165) is 31.1 Å². The van der Waals surface area contributed by atoms with E-state index in [1.54, 1.807) is 26.8 Å². The van der Waals surface area contributed by atoms with Crippen LogP contribution in [0.1, 0.15) is 57.1 Å². The molecule has 26 heavy (non-hydrogen) atoms. The molecule has 7 heteroatoms. The third kappa shape index (κ3) is 6.20. The molecule has 2 rings (SSSR count). The number of alkyl halides is 3. The lowest BCUT2D eigenvalue weighted by molar-refractivity contribution is -0.154. The van der Waals surface area contributed by atoms with Gasteiger partial charge >= 0.3 is 12.1 Å². The molecule has 0 saturated carbocycles. The van der Waals surface area contributed by atoms with Crippen molar-refractivity contribution in [3.05, 3.63) is 29.3 Å². The number of rotatable bonds is 6. The van der Waals surface area contributed by atoms with Crippen molar-refractivity contribution in [2.75, 3.05) is 25.0 Å². The first-order valence-corrected chi connectivity index (χ1v) is 8.94. The molecule has 1 saturated heterocycles. The van der Waals surface area contributed by atoms with Gasteiger partial charge in [-0.15, -0.1) is 0 Å². The SMILES string of the molecule is CC(C)(C)OC(=O)CCCNc1cc(C(F)(F)F)ccc1[C@@H]1CCNC1. The number of benzene rings is 1. The van der Waals surface area contributed by atoms with Crippen LogP contribution >= 0.6 is 0 Å². The molecule has 0 bridgehead atoms. The van der Waals surface area contributed by atoms with Crippen LogP contribution in [0.5, 0.6) is 0 Å². The molecule has 0 radical (unpaired) electrons.